The van der Waals surface area contributed by atoms with Gasteiger partial charge in [-0.1, -0.05) is 12.2 Å². The molecule has 0 amide bonds. The van der Waals surface area contributed by atoms with E-state index in [0.29, 0.717) is 11.7 Å². The van der Waals surface area contributed by atoms with Gasteiger partial charge in [0.05, 0.1) is 17.5 Å². The summed E-state index contributed by atoms with van der Waals surface area (Å²) in [6.07, 6.45) is 14.2. The van der Waals surface area contributed by atoms with Crippen LogP contribution in [0.15, 0.2) is 55.3 Å². The molecule has 1 aliphatic heterocycles. The van der Waals surface area contributed by atoms with Gasteiger partial charge in [-0.2, -0.15) is 0 Å². The van der Waals surface area contributed by atoms with Crippen molar-refractivity contribution in [1.29, 1.82) is 0 Å². The van der Waals surface area contributed by atoms with E-state index in [-0.39, 0.29) is 23.7 Å². The number of nitrogen functional groups attached to an aromatic ring is 1. The summed E-state index contributed by atoms with van der Waals surface area (Å²) < 4.78 is 17.5. The lowest BCUT2D eigenvalue weighted by atomic mass is 9.64. The van der Waals surface area contributed by atoms with E-state index in [0.717, 1.165) is 35.2 Å². The van der Waals surface area contributed by atoms with Gasteiger partial charge in [0.1, 0.15) is 29.5 Å². The third kappa shape index (κ3) is 2.63. The molecular weight excluding hydrogens is 428 g/mol. The molecule has 8 heteroatoms. The van der Waals surface area contributed by atoms with Crippen LogP contribution in [0.5, 0.6) is 0 Å². The molecule has 2 aliphatic carbocycles. The molecule has 3 aliphatic rings. The van der Waals surface area contributed by atoms with E-state index in [1.165, 1.54) is 11.9 Å². The minimum Gasteiger partial charge on any atom is -0.383 e. The monoisotopic (exact) mass is 456 g/mol. The zero-order chi connectivity index (χ0) is 23.2. The summed E-state index contributed by atoms with van der Waals surface area (Å²) in [6, 6.07) is 6.49. The largest absolute Gasteiger partial charge is 0.383 e. The van der Waals surface area contributed by atoms with Crippen LogP contribution in [0.1, 0.15) is 37.6 Å². The van der Waals surface area contributed by atoms with E-state index in [9.17, 15) is 0 Å². The van der Waals surface area contributed by atoms with Crippen molar-refractivity contribution in [2.24, 2.45) is 11.3 Å². The summed E-state index contributed by atoms with van der Waals surface area (Å²) in [6.45, 7) is 6.09. The topological polar surface area (TPSA) is 92.5 Å². The van der Waals surface area contributed by atoms with Crippen LogP contribution in [0.2, 0.25) is 0 Å². The van der Waals surface area contributed by atoms with Crippen LogP contribution in [0.3, 0.4) is 0 Å². The third-order valence-corrected chi connectivity index (χ3v) is 8.07. The molecule has 5 heterocycles. The molecule has 0 unspecified atom stereocenters. The number of rotatable bonds is 4. The van der Waals surface area contributed by atoms with Gasteiger partial charge < -0.3 is 24.2 Å². The molecule has 1 saturated carbocycles. The van der Waals surface area contributed by atoms with Gasteiger partial charge in [0.15, 0.2) is 5.79 Å². The molecule has 0 radical (unpaired) electrons. The summed E-state index contributed by atoms with van der Waals surface area (Å²) in [7, 11) is 0. The van der Waals surface area contributed by atoms with Crippen LogP contribution in [0.25, 0.3) is 16.7 Å². The number of aromatic nitrogens is 5. The van der Waals surface area contributed by atoms with Crippen molar-refractivity contribution >= 4 is 22.5 Å². The van der Waals surface area contributed by atoms with E-state index >= 15 is 0 Å². The number of nitrogens with two attached hydrogens (primary N) is 1. The number of ether oxygens (including phenoxy) is 2. The summed E-state index contributed by atoms with van der Waals surface area (Å²) in [5.74, 6) is 0.170. The number of nitrogens with zero attached hydrogens (tertiary/aromatic N) is 5. The zero-order valence-corrected chi connectivity index (χ0v) is 19.5. The molecule has 7 rings (SSSR count). The molecule has 34 heavy (non-hydrogen) atoms. The highest BCUT2D eigenvalue weighted by molar-refractivity contribution is 5.86. The second-order valence-corrected chi connectivity index (χ2v) is 10.4. The van der Waals surface area contributed by atoms with Crippen molar-refractivity contribution in [3.63, 3.8) is 0 Å². The molecule has 0 bridgehead atoms. The Morgan fingerprint density at radius 3 is 2.82 bits per heavy atom. The molecule has 2 N–H and O–H groups in total. The molecule has 5 atom stereocenters. The first kappa shape index (κ1) is 20.2. The van der Waals surface area contributed by atoms with Gasteiger partial charge in [-0.15, -0.1) is 0 Å². The van der Waals surface area contributed by atoms with Gasteiger partial charge in [-0.25, -0.2) is 15.0 Å². The van der Waals surface area contributed by atoms with Crippen molar-refractivity contribution < 1.29 is 9.47 Å². The number of allylic oxidation sites excluding steroid dienone is 1. The molecule has 4 aromatic rings. The summed E-state index contributed by atoms with van der Waals surface area (Å²) >= 11 is 0. The molecule has 8 nitrogen and oxygen atoms in total. The van der Waals surface area contributed by atoms with Crippen molar-refractivity contribution in [3.8, 4) is 0 Å². The Morgan fingerprint density at radius 1 is 1.12 bits per heavy atom. The highest BCUT2D eigenvalue weighted by Crippen LogP contribution is 2.64. The van der Waals surface area contributed by atoms with Gasteiger partial charge in [0.25, 0.3) is 0 Å². The fraction of sp³-hybridized carbons (Fsp3) is 0.423. The first-order chi connectivity index (χ1) is 16.4. The molecule has 1 saturated heterocycles. The van der Waals surface area contributed by atoms with E-state index < -0.39 is 5.79 Å². The van der Waals surface area contributed by atoms with E-state index in [1.54, 1.807) is 0 Å². The van der Waals surface area contributed by atoms with Crippen LogP contribution >= 0.6 is 0 Å². The van der Waals surface area contributed by atoms with Gasteiger partial charge in [-0.3, -0.25) is 0 Å². The fourth-order valence-corrected chi connectivity index (χ4v) is 6.45. The van der Waals surface area contributed by atoms with Gasteiger partial charge >= 0.3 is 0 Å². The minimum atomic E-state index is -0.627. The van der Waals surface area contributed by atoms with Crippen molar-refractivity contribution in [2.45, 2.75) is 57.6 Å². The zero-order valence-electron chi connectivity index (χ0n) is 19.5. The molecule has 4 aromatic heterocycles. The lowest BCUT2D eigenvalue weighted by Crippen LogP contribution is -2.43. The van der Waals surface area contributed by atoms with Crippen LogP contribution in [-0.2, 0) is 15.9 Å². The van der Waals surface area contributed by atoms with Crippen LogP contribution in [0, 0.1) is 18.3 Å². The molecular formula is C26H28N6O2. The number of imidazole rings is 1. The van der Waals surface area contributed by atoms with Gasteiger partial charge in [0, 0.05) is 35.6 Å². The molecule has 174 valence electrons. The van der Waals surface area contributed by atoms with E-state index in [4.69, 9.17) is 15.2 Å². The minimum absolute atomic E-state index is 0.0171. The van der Waals surface area contributed by atoms with Crippen molar-refractivity contribution in [1.82, 2.24) is 23.9 Å². The van der Waals surface area contributed by atoms with Crippen LogP contribution in [-0.4, -0.2) is 41.9 Å². The normalized spacial score (nSPS) is 31.1. The smallest absolute Gasteiger partial charge is 0.163 e. The maximum absolute atomic E-state index is 6.58. The fourth-order valence-electron chi connectivity index (χ4n) is 6.45. The Hall–Kier alpha value is -3.23. The number of anilines is 1. The average molecular weight is 457 g/mol. The number of aryl methyl sites for hydroxylation is 2. The molecule has 0 spiro atoms. The van der Waals surface area contributed by atoms with Gasteiger partial charge in [-0.05, 0) is 57.4 Å². The second-order valence-electron chi connectivity index (χ2n) is 10.4. The highest BCUT2D eigenvalue weighted by atomic mass is 16.8. The molecule has 2 fully saturated rings. The maximum atomic E-state index is 6.58. The Kier molecular flexibility index (Phi) is 3.96. The first-order valence-corrected chi connectivity index (χ1v) is 11.9. The standard InChI is InChI=1S/C26H28N6O2/c1-15-13-28-19-12-16(6-10-31(15)19)4-8-26-9-5-18(26)20(21-22(26)34-25(2,3)33-21)32-11-7-17-23(27)29-14-30-24(17)32/h5-7,9-14,18,20-22H,4,8H2,1-3H3,(H2,27,29,30)/t18-,20-,21+,22+,26-/m1/s1. The lowest BCUT2D eigenvalue weighted by molar-refractivity contribution is -0.172. The highest BCUT2D eigenvalue weighted by Gasteiger charge is 2.67. The average Bonchev–Trinajstić information content (AvgIpc) is 3.50. The number of fused-ring (bicyclic) bond motifs is 5. The lowest BCUT2D eigenvalue weighted by Gasteiger charge is -2.44. The predicted molar refractivity (Wildman–Crippen MR) is 128 cm³/mol. The SMILES string of the molecule is Cc1cnc2cc(CC[C@@]34C=C[C@@H]3[C@@H](n3ccc5c(N)ncnc53)[C@@H]3OC(C)(C)O[C@@H]34)ccn12. The molecule has 0 aromatic carbocycles. The van der Waals surface area contributed by atoms with E-state index in [2.05, 4.69) is 67.5 Å². The maximum Gasteiger partial charge on any atom is 0.163 e. The predicted octanol–water partition coefficient (Wildman–Crippen LogP) is 3.85. The number of hydrogen-bond donors (Lipinski definition) is 1. The van der Waals surface area contributed by atoms with Crippen LogP contribution < -0.4 is 5.73 Å². The Bertz CT molecular complexity index is 1470. The number of pyridine rings is 1. The Morgan fingerprint density at radius 2 is 2.00 bits per heavy atom. The summed E-state index contributed by atoms with van der Waals surface area (Å²) in [5, 5.41) is 0.876. The van der Waals surface area contributed by atoms with Crippen molar-refractivity contribution in [2.75, 3.05) is 5.73 Å². The third-order valence-electron chi connectivity index (χ3n) is 8.07. The summed E-state index contributed by atoms with van der Waals surface area (Å²) in [4.78, 5) is 13.3. The van der Waals surface area contributed by atoms with E-state index in [1.807, 2.05) is 26.1 Å². The Balaban J connectivity index is 1.26. The van der Waals surface area contributed by atoms with Crippen molar-refractivity contribution in [3.05, 3.63) is 66.5 Å². The first-order valence-electron chi connectivity index (χ1n) is 11.9. The van der Waals surface area contributed by atoms with Crippen LogP contribution in [0.4, 0.5) is 5.82 Å². The summed E-state index contributed by atoms with van der Waals surface area (Å²) in [5.41, 5.74) is 10.3. The second kappa shape index (κ2) is 6.67. The quantitative estimate of drug-likeness (QED) is 0.469. The Labute approximate surface area is 197 Å². The number of hydrogen-bond acceptors (Lipinski definition) is 6. The van der Waals surface area contributed by atoms with Gasteiger partial charge in [0.2, 0.25) is 0 Å².